The van der Waals surface area contributed by atoms with Gasteiger partial charge in [0.05, 0.1) is 5.60 Å². The van der Waals surface area contributed by atoms with Crippen molar-refractivity contribution < 1.29 is 5.11 Å². The summed E-state index contributed by atoms with van der Waals surface area (Å²) in [4.78, 5) is 0. The van der Waals surface area contributed by atoms with Gasteiger partial charge in [0.15, 0.2) is 0 Å². The number of nitrogens with one attached hydrogen (secondary N) is 2. The molecule has 1 unspecified atom stereocenters. The summed E-state index contributed by atoms with van der Waals surface area (Å²) in [6.07, 6.45) is 0.826. The maximum atomic E-state index is 10.0. The van der Waals surface area contributed by atoms with Gasteiger partial charge in [-0.1, -0.05) is 18.2 Å². The number of aliphatic hydroxyl groups is 1. The van der Waals surface area contributed by atoms with Crippen molar-refractivity contribution in [2.75, 3.05) is 25.0 Å². The van der Waals surface area contributed by atoms with Gasteiger partial charge in [0.25, 0.3) is 0 Å². The third kappa shape index (κ3) is 2.25. The van der Waals surface area contributed by atoms with E-state index >= 15 is 0 Å². The number of para-hydroxylation sites is 1. The molecule has 3 heteroatoms. The van der Waals surface area contributed by atoms with Crippen molar-refractivity contribution >= 4 is 5.69 Å². The fourth-order valence-electron chi connectivity index (χ4n) is 1.70. The van der Waals surface area contributed by atoms with Crippen molar-refractivity contribution in [2.24, 2.45) is 0 Å². The van der Waals surface area contributed by atoms with Crippen LogP contribution in [-0.4, -0.2) is 30.3 Å². The summed E-state index contributed by atoms with van der Waals surface area (Å²) in [5.74, 6) is 0. The van der Waals surface area contributed by atoms with Crippen LogP contribution >= 0.6 is 0 Å². The van der Waals surface area contributed by atoms with Crippen molar-refractivity contribution in [1.82, 2.24) is 5.32 Å². The fourth-order valence-corrected chi connectivity index (χ4v) is 1.70. The Kier molecular flexibility index (Phi) is 2.70. The van der Waals surface area contributed by atoms with Crippen molar-refractivity contribution in [1.29, 1.82) is 0 Å². The highest BCUT2D eigenvalue weighted by atomic mass is 16.3. The molecule has 0 aromatic heterocycles. The summed E-state index contributed by atoms with van der Waals surface area (Å²) in [7, 11) is 0. The van der Waals surface area contributed by atoms with E-state index in [1.54, 1.807) is 0 Å². The second-order valence-corrected chi connectivity index (χ2v) is 3.87. The Morgan fingerprint density at radius 2 is 2.14 bits per heavy atom. The SMILES string of the molecule is OC1(CNc2ccccc2)CCNC1. The van der Waals surface area contributed by atoms with Gasteiger partial charge in [0.2, 0.25) is 0 Å². The van der Waals surface area contributed by atoms with Gasteiger partial charge in [-0.3, -0.25) is 0 Å². The van der Waals surface area contributed by atoms with Gasteiger partial charge < -0.3 is 15.7 Å². The van der Waals surface area contributed by atoms with E-state index in [2.05, 4.69) is 10.6 Å². The minimum atomic E-state index is -0.574. The van der Waals surface area contributed by atoms with E-state index < -0.39 is 5.60 Å². The molecule has 0 bridgehead atoms. The van der Waals surface area contributed by atoms with Crippen molar-refractivity contribution in [2.45, 2.75) is 12.0 Å². The molecule has 1 saturated heterocycles. The quantitative estimate of drug-likeness (QED) is 0.664. The molecule has 2 rings (SSSR count). The first-order valence-corrected chi connectivity index (χ1v) is 5.01. The Morgan fingerprint density at radius 3 is 2.79 bits per heavy atom. The molecule has 1 atom stereocenters. The lowest BCUT2D eigenvalue weighted by molar-refractivity contribution is 0.0752. The van der Waals surface area contributed by atoms with Crippen LogP contribution in [0.4, 0.5) is 5.69 Å². The topological polar surface area (TPSA) is 44.3 Å². The summed E-state index contributed by atoms with van der Waals surface area (Å²) in [5, 5.41) is 16.4. The van der Waals surface area contributed by atoms with Crippen LogP contribution in [0, 0.1) is 0 Å². The van der Waals surface area contributed by atoms with E-state index in [0.29, 0.717) is 13.1 Å². The van der Waals surface area contributed by atoms with Crippen molar-refractivity contribution in [3.8, 4) is 0 Å². The standard InChI is InChI=1S/C11H16N2O/c14-11(6-7-12-8-11)9-13-10-4-2-1-3-5-10/h1-5,12-14H,6-9H2. The maximum Gasteiger partial charge on any atom is 0.0954 e. The molecule has 1 aromatic rings. The van der Waals surface area contributed by atoms with E-state index in [-0.39, 0.29) is 0 Å². The molecule has 0 saturated carbocycles. The lowest BCUT2D eigenvalue weighted by Gasteiger charge is -2.22. The molecule has 3 N–H and O–H groups in total. The molecular weight excluding hydrogens is 176 g/mol. The van der Waals surface area contributed by atoms with Crippen LogP contribution in [0.25, 0.3) is 0 Å². The van der Waals surface area contributed by atoms with E-state index in [9.17, 15) is 5.11 Å². The van der Waals surface area contributed by atoms with E-state index in [0.717, 1.165) is 18.7 Å². The molecule has 14 heavy (non-hydrogen) atoms. The molecule has 3 nitrogen and oxygen atoms in total. The molecule has 1 fully saturated rings. The van der Waals surface area contributed by atoms with Gasteiger partial charge in [-0.05, 0) is 25.1 Å². The Hall–Kier alpha value is -1.06. The summed E-state index contributed by atoms with van der Waals surface area (Å²) < 4.78 is 0. The third-order valence-electron chi connectivity index (χ3n) is 2.62. The zero-order valence-corrected chi connectivity index (χ0v) is 8.16. The van der Waals surface area contributed by atoms with Crippen LogP contribution in [0.5, 0.6) is 0 Å². The normalized spacial score (nSPS) is 26.4. The van der Waals surface area contributed by atoms with Crippen molar-refractivity contribution in [3.05, 3.63) is 30.3 Å². The number of anilines is 1. The minimum absolute atomic E-state index is 0.574. The summed E-state index contributed by atoms with van der Waals surface area (Å²) >= 11 is 0. The van der Waals surface area contributed by atoms with Gasteiger partial charge in [0.1, 0.15) is 0 Å². The minimum Gasteiger partial charge on any atom is -0.387 e. The van der Waals surface area contributed by atoms with Crippen LogP contribution in [0.1, 0.15) is 6.42 Å². The Bertz CT molecular complexity index is 281. The van der Waals surface area contributed by atoms with E-state index in [4.69, 9.17) is 0 Å². The van der Waals surface area contributed by atoms with Crippen LogP contribution < -0.4 is 10.6 Å². The first kappa shape index (κ1) is 9.49. The average molecular weight is 192 g/mol. The molecule has 1 heterocycles. The van der Waals surface area contributed by atoms with Crippen LogP contribution in [-0.2, 0) is 0 Å². The number of hydrogen-bond donors (Lipinski definition) is 3. The van der Waals surface area contributed by atoms with E-state index in [1.165, 1.54) is 0 Å². The molecule has 0 radical (unpaired) electrons. The second kappa shape index (κ2) is 3.98. The Morgan fingerprint density at radius 1 is 1.36 bits per heavy atom. The lowest BCUT2D eigenvalue weighted by atomic mass is 10.0. The van der Waals surface area contributed by atoms with Gasteiger partial charge in [-0.2, -0.15) is 0 Å². The second-order valence-electron chi connectivity index (χ2n) is 3.87. The molecule has 0 amide bonds. The molecular formula is C11H16N2O. The van der Waals surface area contributed by atoms with Crippen LogP contribution in [0.15, 0.2) is 30.3 Å². The smallest absolute Gasteiger partial charge is 0.0954 e. The summed E-state index contributed by atoms with van der Waals surface area (Å²) in [6, 6.07) is 9.97. The largest absolute Gasteiger partial charge is 0.387 e. The van der Waals surface area contributed by atoms with Gasteiger partial charge in [-0.15, -0.1) is 0 Å². The van der Waals surface area contributed by atoms with Gasteiger partial charge >= 0.3 is 0 Å². The highest BCUT2D eigenvalue weighted by molar-refractivity contribution is 5.42. The van der Waals surface area contributed by atoms with E-state index in [1.807, 2.05) is 30.3 Å². The van der Waals surface area contributed by atoms with Crippen LogP contribution in [0.3, 0.4) is 0 Å². The third-order valence-corrected chi connectivity index (χ3v) is 2.62. The van der Waals surface area contributed by atoms with Gasteiger partial charge in [0, 0.05) is 18.8 Å². The maximum absolute atomic E-state index is 10.0. The first-order valence-electron chi connectivity index (χ1n) is 5.01. The molecule has 76 valence electrons. The predicted molar refractivity (Wildman–Crippen MR) is 57.4 cm³/mol. The zero-order valence-electron chi connectivity index (χ0n) is 8.16. The highest BCUT2D eigenvalue weighted by Crippen LogP contribution is 2.15. The molecule has 0 aliphatic carbocycles. The molecule has 1 aliphatic rings. The number of β-amino-alcohol motifs (C(OH)–C–C–N with tert-alkyl or cyclic N) is 1. The average Bonchev–Trinajstić information content (AvgIpc) is 2.65. The Balaban J connectivity index is 1.88. The summed E-state index contributed by atoms with van der Waals surface area (Å²) in [5.41, 5.74) is 0.489. The molecule has 1 aliphatic heterocycles. The number of hydrogen-bond acceptors (Lipinski definition) is 3. The molecule has 0 spiro atoms. The van der Waals surface area contributed by atoms with Crippen molar-refractivity contribution in [3.63, 3.8) is 0 Å². The molecule has 1 aromatic carbocycles. The monoisotopic (exact) mass is 192 g/mol. The summed E-state index contributed by atoms with van der Waals surface area (Å²) in [6.45, 7) is 2.21. The number of benzene rings is 1. The lowest BCUT2D eigenvalue weighted by Crippen LogP contribution is -2.38. The fraction of sp³-hybridized carbons (Fsp3) is 0.455. The van der Waals surface area contributed by atoms with Gasteiger partial charge in [-0.25, -0.2) is 0 Å². The van der Waals surface area contributed by atoms with Crippen LogP contribution in [0.2, 0.25) is 0 Å². The first-order chi connectivity index (χ1) is 6.79. The predicted octanol–water partition coefficient (Wildman–Crippen LogP) is 0.823. The zero-order chi connectivity index (χ0) is 9.86. The highest BCUT2D eigenvalue weighted by Gasteiger charge is 2.30. The Labute approximate surface area is 84.1 Å². The number of rotatable bonds is 3.